The van der Waals surface area contributed by atoms with Crippen molar-refractivity contribution in [3.63, 3.8) is 0 Å². The second kappa shape index (κ2) is 5.85. The van der Waals surface area contributed by atoms with E-state index in [0.29, 0.717) is 22.1 Å². The van der Waals surface area contributed by atoms with Gasteiger partial charge >= 0.3 is 5.69 Å². The number of rotatable bonds is 3. The topological polar surface area (TPSA) is 81.8 Å². The van der Waals surface area contributed by atoms with E-state index in [1.807, 2.05) is 6.07 Å². The van der Waals surface area contributed by atoms with Crippen LogP contribution in [0.15, 0.2) is 40.2 Å². The van der Waals surface area contributed by atoms with Gasteiger partial charge in [0, 0.05) is 36.3 Å². The molecular formula is C15H14ClN5O2. The summed E-state index contributed by atoms with van der Waals surface area (Å²) in [5.74, 6) is 0.611. The van der Waals surface area contributed by atoms with Crippen molar-refractivity contribution >= 4 is 28.3 Å². The van der Waals surface area contributed by atoms with Crippen LogP contribution < -0.4 is 16.6 Å². The molecular weight excluding hydrogens is 318 g/mol. The minimum atomic E-state index is -0.367. The van der Waals surface area contributed by atoms with Gasteiger partial charge in [0.05, 0.1) is 12.1 Å². The predicted molar refractivity (Wildman–Crippen MR) is 88.8 cm³/mol. The predicted octanol–water partition coefficient (Wildman–Crippen LogP) is 1.29. The van der Waals surface area contributed by atoms with Crippen LogP contribution in [0.2, 0.25) is 5.02 Å². The smallest absolute Gasteiger partial charge is 0.330 e. The summed E-state index contributed by atoms with van der Waals surface area (Å²) < 4.78 is 2.49. The number of anilines is 1. The molecule has 2 heterocycles. The summed E-state index contributed by atoms with van der Waals surface area (Å²) in [7, 11) is 3.07. The summed E-state index contributed by atoms with van der Waals surface area (Å²) in [5, 5.41) is 4.54. The van der Waals surface area contributed by atoms with Crippen LogP contribution in [-0.4, -0.2) is 19.1 Å². The van der Waals surface area contributed by atoms with E-state index in [1.54, 1.807) is 19.2 Å². The Morgan fingerprint density at radius 2 is 1.91 bits per heavy atom. The van der Waals surface area contributed by atoms with Gasteiger partial charge in [-0.2, -0.15) is 0 Å². The Kier molecular flexibility index (Phi) is 3.87. The molecule has 0 bridgehead atoms. The van der Waals surface area contributed by atoms with Crippen molar-refractivity contribution in [3.8, 4) is 0 Å². The Bertz CT molecular complexity index is 1010. The Balaban J connectivity index is 1.96. The first kappa shape index (κ1) is 15.2. The van der Waals surface area contributed by atoms with Crippen LogP contribution in [0, 0.1) is 0 Å². The molecule has 0 saturated heterocycles. The third-order valence-electron chi connectivity index (χ3n) is 3.66. The molecule has 23 heavy (non-hydrogen) atoms. The van der Waals surface area contributed by atoms with Gasteiger partial charge in [0.1, 0.15) is 12.1 Å². The highest BCUT2D eigenvalue weighted by Crippen LogP contribution is 2.22. The normalized spacial score (nSPS) is 10.9. The molecule has 3 rings (SSSR count). The van der Waals surface area contributed by atoms with E-state index >= 15 is 0 Å². The molecule has 118 valence electrons. The molecule has 8 heteroatoms. The van der Waals surface area contributed by atoms with E-state index in [9.17, 15) is 9.59 Å². The highest BCUT2D eigenvalue weighted by Gasteiger charge is 2.08. The van der Waals surface area contributed by atoms with Gasteiger partial charge in [0.2, 0.25) is 0 Å². The summed E-state index contributed by atoms with van der Waals surface area (Å²) in [5.41, 5.74) is 0.574. The lowest BCUT2D eigenvalue weighted by atomic mass is 10.2. The number of nitrogens with one attached hydrogen (secondary N) is 1. The number of aromatic nitrogens is 4. The second-order valence-electron chi connectivity index (χ2n) is 5.11. The third kappa shape index (κ3) is 2.83. The molecule has 2 aromatic heterocycles. The van der Waals surface area contributed by atoms with Gasteiger partial charge in [-0.05, 0) is 18.2 Å². The lowest BCUT2D eigenvalue weighted by molar-refractivity contribution is 0.655. The number of halogens is 1. The molecule has 0 unspecified atom stereocenters. The first-order valence-corrected chi connectivity index (χ1v) is 7.25. The quantitative estimate of drug-likeness (QED) is 0.782. The molecule has 0 radical (unpaired) electrons. The molecule has 0 fully saturated rings. The average Bonchev–Trinajstić information content (AvgIpc) is 2.54. The fraction of sp³-hybridized carbons (Fsp3) is 0.200. The Morgan fingerprint density at radius 1 is 1.13 bits per heavy atom. The fourth-order valence-electron chi connectivity index (χ4n) is 2.29. The standard InChI is InChI=1S/C15H14ClN5O2/c1-20-10(6-13(22)21(2)15(20)23)7-17-14-11-4-3-9(16)5-12(11)18-8-19-14/h3-6,8H,7H2,1-2H3,(H,17,18,19). The van der Waals surface area contributed by atoms with E-state index in [-0.39, 0.29) is 17.8 Å². The van der Waals surface area contributed by atoms with Gasteiger partial charge in [-0.1, -0.05) is 11.6 Å². The third-order valence-corrected chi connectivity index (χ3v) is 3.90. The highest BCUT2D eigenvalue weighted by molar-refractivity contribution is 6.31. The van der Waals surface area contributed by atoms with Crippen molar-refractivity contribution in [2.75, 3.05) is 5.32 Å². The Morgan fingerprint density at radius 3 is 2.70 bits per heavy atom. The minimum absolute atomic E-state index is 0.288. The first-order chi connectivity index (χ1) is 11.0. The maximum atomic E-state index is 11.9. The number of nitrogens with zero attached hydrogens (tertiary/aromatic N) is 4. The van der Waals surface area contributed by atoms with Crippen LogP contribution in [0.25, 0.3) is 10.9 Å². The molecule has 0 saturated carbocycles. The van der Waals surface area contributed by atoms with Gasteiger partial charge in [0.15, 0.2) is 0 Å². The van der Waals surface area contributed by atoms with Crippen molar-refractivity contribution in [1.82, 2.24) is 19.1 Å². The number of hydrogen-bond donors (Lipinski definition) is 1. The largest absolute Gasteiger partial charge is 0.364 e. The molecule has 0 aliphatic rings. The van der Waals surface area contributed by atoms with E-state index in [0.717, 1.165) is 9.95 Å². The van der Waals surface area contributed by atoms with Gasteiger partial charge < -0.3 is 5.32 Å². The maximum absolute atomic E-state index is 11.9. The van der Waals surface area contributed by atoms with Crippen LogP contribution in [0.1, 0.15) is 5.69 Å². The van der Waals surface area contributed by atoms with E-state index in [4.69, 9.17) is 11.6 Å². The van der Waals surface area contributed by atoms with Crippen molar-refractivity contribution < 1.29 is 0 Å². The molecule has 0 atom stereocenters. The molecule has 1 aromatic carbocycles. The van der Waals surface area contributed by atoms with Crippen molar-refractivity contribution in [2.24, 2.45) is 14.1 Å². The van der Waals surface area contributed by atoms with Crippen LogP contribution >= 0.6 is 11.6 Å². The summed E-state index contributed by atoms with van der Waals surface area (Å²) in [4.78, 5) is 32.1. The first-order valence-electron chi connectivity index (χ1n) is 6.87. The summed E-state index contributed by atoms with van der Waals surface area (Å²) in [6, 6.07) is 6.75. The molecule has 1 N–H and O–H groups in total. The van der Waals surface area contributed by atoms with E-state index < -0.39 is 0 Å². The van der Waals surface area contributed by atoms with E-state index in [2.05, 4.69) is 15.3 Å². The van der Waals surface area contributed by atoms with E-state index in [1.165, 1.54) is 24.0 Å². The molecule has 0 aliphatic heterocycles. The van der Waals surface area contributed by atoms with Gasteiger partial charge in [-0.15, -0.1) is 0 Å². The van der Waals surface area contributed by atoms with Crippen LogP contribution in [0.4, 0.5) is 5.82 Å². The minimum Gasteiger partial charge on any atom is -0.364 e. The van der Waals surface area contributed by atoms with Crippen LogP contribution in [-0.2, 0) is 20.6 Å². The lowest BCUT2D eigenvalue weighted by Crippen LogP contribution is -2.38. The molecule has 0 amide bonds. The van der Waals surface area contributed by atoms with Crippen LogP contribution in [0.3, 0.4) is 0 Å². The highest BCUT2D eigenvalue weighted by atomic mass is 35.5. The van der Waals surface area contributed by atoms with Gasteiger partial charge in [-0.25, -0.2) is 14.8 Å². The van der Waals surface area contributed by atoms with Crippen molar-refractivity contribution in [1.29, 1.82) is 0 Å². The Labute approximate surface area is 136 Å². The molecule has 0 aliphatic carbocycles. The average molecular weight is 332 g/mol. The summed E-state index contributed by atoms with van der Waals surface area (Å²) in [6.07, 6.45) is 1.43. The molecule has 0 spiro atoms. The molecule has 3 aromatic rings. The summed E-state index contributed by atoms with van der Waals surface area (Å²) >= 11 is 5.96. The number of hydrogen-bond acceptors (Lipinski definition) is 5. The molecule has 7 nitrogen and oxygen atoms in total. The summed E-state index contributed by atoms with van der Waals surface area (Å²) in [6.45, 7) is 0.288. The monoisotopic (exact) mass is 331 g/mol. The maximum Gasteiger partial charge on any atom is 0.330 e. The van der Waals surface area contributed by atoms with Crippen molar-refractivity contribution in [3.05, 3.63) is 62.1 Å². The zero-order valence-corrected chi connectivity index (χ0v) is 13.3. The zero-order chi connectivity index (χ0) is 16.6. The van der Waals surface area contributed by atoms with Gasteiger partial charge in [0.25, 0.3) is 5.56 Å². The zero-order valence-electron chi connectivity index (χ0n) is 12.6. The fourth-order valence-corrected chi connectivity index (χ4v) is 2.46. The van der Waals surface area contributed by atoms with Gasteiger partial charge in [-0.3, -0.25) is 13.9 Å². The number of fused-ring (bicyclic) bond motifs is 1. The van der Waals surface area contributed by atoms with Crippen LogP contribution in [0.5, 0.6) is 0 Å². The lowest BCUT2D eigenvalue weighted by Gasteiger charge is -2.12. The second-order valence-corrected chi connectivity index (χ2v) is 5.55. The van der Waals surface area contributed by atoms with Crippen molar-refractivity contribution in [2.45, 2.75) is 6.54 Å². The Hall–Kier alpha value is -2.67. The SMILES string of the molecule is Cn1c(CNc2ncnc3cc(Cl)ccc23)cc(=O)n(C)c1=O. The number of benzene rings is 1.